The van der Waals surface area contributed by atoms with Gasteiger partial charge in [0.1, 0.15) is 12.1 Å². The minimum Gasteiger partial charge on any atom is -0.342 e. The molecule has 0 radical (unpaired) electrons. The van der Waals surface area contributed by atoms with Crippen molar-refractivity contribution in [2.75, 3.05) is 32.0 Å². The molecular formula is C36H43N5O4. The number of anilines is 1. The monoisotopic (exact) mass is 609 g/mol. The second-order valence-corrected chi connectivity index (χ2v) is 11.8. The fraction of sp³-hybridized carbons (Fsp3) is 0.389. The van der Waals surface area contributed by atoms with Crippen molar-refractivity contribution in [3.8, 4) is 0 Å². The number of ketones is 1. The van der Waals surface area contributed by atoms with Gasteiger partial charge in [0.15, 0.2) is 5.78 Å². The lowest BCUT2D eigenvalue weighted by Gasteiger charge is -2.37. The average molecular weight is 610 g/mol. The van der Waals surface area contributed by atoms with Gasteiger partial charge in [0.05, 0.1) is 0 Å². The third-order valence-corrected chi connectivity index (χ3v) is 8.69. The Balaban J connectivity index is 1.30. The van der Waals surface area contributed by atoms with Crippen LogP contribution in [0.1, 0.15) is 58.3 Å². The van der Waals surface area contributed by atoms with Crippen molar-refractivity contribution in [3.63, 3.8) is 0 Å². The summed E-state index contributed by atoms with van der Waals surface area (Å²) in [6.07, 6.45) is 3.94. The predicted octanol–water partition coefficient (Wildman–Crippen LogP) is 3.41. The van der Waals surface area contributed by atoms with Crippen LogP contribution in [0.5, 0.6) is 0 Å². The summed E-state index contributed by atoms with van der Waals surface area (Å²) in [6, 6.07) is 21.1. The van der Waals surface area contributed by atoms with E-state index in [-0.39, 0.29) is 42.9 Å². The van der Waals surface area contributed by atoms with E-state index in [9.17, 15) is 19.2 Å². The van der Waals surface area contributed by atoms with E-state index in [1.165, 1.54) is 11.1 Å². The van der Waals surface area contributed by atoms with Gasteiger partial charge in [-0.05, 0) is 73.7 Å². The van der Waals surface area contributed by atoms with Crippen molar-refractivity contribution in [1.29, 1.82) is 0 Å². The maximum atomic E-state index is 14.0. The first-order valence-corrected chi connectivity index (χ1v) is 16.0. The number of likely N-dealkylation sites (N-methyl/N-ethyl adjacent to an activating group) is 1. The molecule has 0 spiro atoms. The van der Waals surface area contributed by atoms with E-state index in [1.54, 1.807) is 29.2 Å². The van der Waals surface area contributed by atoms with E-state index in [1.807, 2.05) is 49.5 Å². The summed E-state index contributed by atoms with van der Waals surface area (Å²) >= 11 is 0. The third-order valence-electron chi connectivity index (χ3n) is 8.69. The van der Waals surface area contributed by atoms with Gasteiger partial charge in [-0.3, -0.25) is 19.2 Å². The number of fused-ring (bicyclic) bond motifs is 2. The number of Topliss-reactive ketones (excluding diaryl/α,β-unsaturated/α-hetero) is 1. The zero-order valence-electron chi connectivity index (χ0n) is 25.9. The number of hydrogen-bond donors (Lipinski definition) is 4. The quantitative estimate of drug-likeness (QED) is 0.164. The maximum absolute atomic E-state index is 14.0. The Morgan fingerprint density at radius 1 is 0.822 bits per heavy atom. The summed E-state index contributed by atoms with van der Waals surface area (Å²) in [5, 5.41) is 12.4. The van der Waals surface area contributed by atoms with E-state index < -0.39 is 12.1 Å². The average Bonchev–Trinajstić information content (AvgIpc) is 3.54. The number of benzene rings is 3. The summed E-state index contributed by atoms with van der Waals surface area (Å²) in [5.41, 5.74) is 5.82. The van der Waals surface area contributed by atoms with Crippen LogP contribution in [0.4, 0.5) is 5.69 Å². The molecule has 0 saturated heterocycles. The minimum absolute atomic E-state index is 0.00268. The fourth-order valence-corrected chi connectivity index (χ4v) is 6.15. The van der Waals surface area contributed by atoms with Gasteiger partial charge in [-0.1, -0.05) is 60.7 Å². The van der Waals surface area contributed by atoms with Crippen LogP contribution in [-0.2, 0) is 40.2 Å². The molecule has 0 fully saturated rings. The molecule has 3 aromatic rings. The molecule has 45 heavy (non-hydrogen) atoms. The molecule has 0 saturated carbocycles. The molecule has 3 amide bonds. The number of rotatable bonds is 14. The van der Waals surface area contributed by atoms with Gasteiger partial charge in [0.25, 0.3) is 0 Å². The Morgan fingerprint density at radius 2 is 1.58 bits per heavy atom. The molecule has 3 aromatic carbocycles. The molecule has 1 heterocycles. The highest BCUT2D eigenvalue weighted by atomic mass is 16.2. The van der Waals surface area contributed by atoms with Crippen molar-refractivity contribution in [3.05, 3.63) is 101 Å². The standard InChI is InChI=1S/C36H43N5O4/c1-37-20-21-38-19-18-31(35(44)39-30-15-14-25-12-7-13-27(25)22-30)40-36(45)32-23-28-10-5-6-11-29(28)24-41(32)34(43)17-16-33(42)26-8-3-2-4-9-26/h2-6,8-11,14-15,22,31-32,37-38H,7,12-13,16-21,23-24H2,1H3,(H,39,44)(H,40,45)/t31-,32-/m0/s1. The summed E-state index contributed by atoms with van der Waals surface area (Å²) in [7, 11) is 1.88. The van der Waals surface area contributed by atoms with Crippen molar-refractivity contribution < 1.29 is 19.2 Å². The van der Waals surface area contributed by atoms with Crippen molar-refractivity contribution in [1.82, 2.24) is 20.9 Å². The first kappa shape index (κ1) is 32.1. The highest BCUT2D eigenvalue weighted by Gasteiger charge is 2.36. The molecular weight excluding hydrogens is 566 g/mol. The highest BCUT2D eigenvalue weighted by molar-refractivity contribution is 6.00. The SMILES string of the molecule is CNCCNCC[C@H](NC(=O)[C@@H]1Cc2ccccc2CN1C(=O)CCC(=O)c1ccccc1)C(=O)Nc1ccc2c(c1)CCC2. The van der Waals surface area contributed by atoms with Crippen LogP contribution in [0.2, 0.25) is 0 Å². The van der Waals surface area contributed by atoms with E-state index in [0.29, 0.717) is 24.9 Å². The first-order chi connectivity index (χ1) is 21.9. The van der Waals surface area contributed by atoms with Gasteiger partial charge in [-0.15, -0.1) is 0 Å². The van der Waals surface area contributed by atoms with E-state index in [0.717, 1.165) is 49.2 Å². The summed E-state index contributed by atoms with van der Waals surface area (Å²) in [6.45, 7) is 2.31. The van der Waals surface area contributed by atoms with Gasteiger partial charge in [0.2, 0.25) is 17.7 Å². The molecule has 0 aromatic heterocycles. The number of hydrogen-bond acceptors (Lipinski definition) is 6. The van der Waals surface area contributed by atoms with Crippen LogP contribution >= 0.6 is 0 Å². The molecule has 4 N–H and O–H groups in total. The summed E-state index contributed by atoms with van der Waals surface area (Å²) in [4.78, 5) is 55.4. The highest BCUT2D eigenvalue weighted by Crippen LogP contribution is 2.26. The lowest BCUT2D eigenvalue weighted by atomic mass is 9.92. The van der Waals surface area contributed by atoms with Gasteiger partial charge in [-0.2, -0.15) is 0 Å². The normalized spacial score (nSPS) is 15.9. The number of nitrogens with one attached hydrogen (secondary N) is 4. The van der Waals surface area contributed by atoms with E-state index >= 15 is 0 Å². The fourth-order valence-electron chi connectivity index (χ4n) is 6.15. The van der Waals surface area contributed by atoms with Crippen LogP contribution in [0.3, 0.4) is 0 Å². The molecule has 9 heteroatoms. The zero-order chi connectivity index (χ0) is 31.6. The van der Waals surface area contributed by atoms with Crippen molar-refractivity contribution in [2.45, 2.75) is 63.6 Å². The van der Waals surface area contributed by atoms with Crippen LogP contribution in [-0.4, -0.2) is 67.2 Å². The third kappa shape index (κ3) is 8.44. The molecule has 2 aliphatic rings. The van der Waals surface area contributed by atoms with Crippen LogP contribution in [0.25, 0.3) is 0 Å². The smallest absolute Gasteiger partial charge is 0.246 e. The number of aryl methyl sites for hydroxylation is 2. The van der Waals surface area contributed by atoms with Gasteiger partial charge >= 0.3 is 0 Å². The topological polar surface area (TPSA) is 120 Å². The van der Waals surface area contributed by atoms with Crippen LogP contribution in [0.15, 0.2) is 72.8 Å². The molecule has 1 aliphatic heterocycles. The van der Waals surface area contributed by atoms with Gasteiger partial charge in [0, 0.05) is 50.1 Å². The van der Waals surface area contributed by atoms with E-state index in [2.05, 4.69) is 27.3 Å². The summed E-state index contributed by atoms with van der Waals surface area (Å²) < 4.78 is 0. The lowest BCUT2D eigenvalue weighted by molar-refractivity contribution is -0.142. The number of carbonyl (C=O) groups is 4. The lowest BCUT2D eigenvalue weighted by Crippen LogP contribution is -2.56. The Hall–Kier alpha value is -4.34. The van der Waals surface area contributed by atoms with Gasteiger partial charge < -0.3 is 26.2 Å². The molecule has 236 valence electrons. The second kappa shape index (κ2) is 15.6. The predicted molar refractivity (Wildman–Crippen MR) is 175 cm³/mol. The number of nitrogens with zero attached hydrogens (tertiary/aromatic N) is 1. The Bertz CT molecular complexity index is 1510. The van der Waals surface area contributed by atoms with E-state index in [4.69, 9.17) is 0 Å². The Labute approximate surface area is 265 Å². The number of carbonyl (C=O) groups excluding carboxylic acids is 4. The largest absolute Gasteiger partial charge is 0.342 e. The molecule has 1 aliphatic carbocycles. The molecule has 0 bridgehead atoms. The summed E-state index contributed by atoms with van der Waals surface area (Å²) in [5.74, 6) is -1.05. The Kier molecular flexibility index (Phi) is 11.1. The van der Waals surface area contributed by atoms with Gasteiger partial charge in [-0.25, -0.2) is 0 Å². The second-order valence-electron chi connectivity index (χ2n) is 11.8. The maximum Gasteiger partial charge on any atom is 0.246 e. The molecule has 9 nitrogen and oxygen atoms in total. The first-order valence-electron chi connectivity index (χ1n) is 16.0. The van der Waals surface area contributed by atoms with Crippen LogP contribution < -0.4 is 21.3 Å². The van der Waals surface area contributed by atoms with Crippen molar-refractivity contribution in [2.24, 2.45) is 0 Å². The van der Waals surface area contributed by atoms with Crippen LogP contribution in [0, 0.1) is 0 Å². The van der Waals surface area contributed by atoms with Crippen molar-refractivity contribution >= 4 is 29.2 Å². The molecule has 5 rings (SSSR count). The number of amides is 3. The minimum atomic E-state index is -0.804. The Morgan fingerprint density at radius 3 is 2.38 bits per heavy atom. The molecule has 0 unspecified atom stereocenters. The molecule has 2 atom stereocenters. The zero-order valence-corrected chi connectivity index (χ0v) is 25.9.